The molecule has 0 aliphatic carbocycles. The van der Waals surface area contributed by atoms with E-state index in [9.17, 15) is 4.79 Å². The lowest BCUT2D eigenvalue weighted by Crippen LogP contribution is -1.99. The van der Waals surface area contributed by atoms with Crippen LogP contribution in [0.15, 0.2) is 42.9 Å². The molecule has 0 radical (unpaired) electrons. The maximum absolute atomic E-state index is 10.6. The topological polar surface area (TPSA) is 63.1 Å². The summed E-state index contributed by atoms with van der Waals surface area (Å²) in [6.45, 7) is 0. The van der Waals surface area contributed by atoms with Crippen molar-refractivity contribution in [2.45, 2.75) is 0 Å². The Balaban J connectivity index is 2.20. The van der Waals surface area contributed by atoms with Gasteiger partial charge in [-0.2, -0.15) is 0 Å². The standard InChI is InChI=1S/C13H8N2O2/c16-13(17)12-6-5-11(9-15-12)4-3-10-2-1-7-14-8-10/h1-2,5-9H,(H,16,17). The Bertz CT molecular complexity index is 580. The second kappa shape index (κ2) is 4.90. The summed E-state index contributed by atoms with van der Waals surface area (Å²) in [4.78, 5) is 18.3. The number of hydrogen-bond donors (Lipinski definition) is 1. The first kappa shape index (κ1) is 10.8. The van der Waals surface area contributed by atoms with Crippen molar-refractivity contribution in [2.24, 2.45) is 0 Å². The van der Waals surface area contributed by atoms with Crippen molar-refractivity contribution in [1.29, 1.82) is 0 Å². The van der Waals surface area contributed by atoms with Gasteiger partial charge in [-0.15, -0.1) is 0 Å². The van der Waals surface area contributed by atoms with Crippen molar-refractivity contribution in [3.8, 4) is 11.8 Å². The highest BCUT2D eigenvalue weighted by atomic mass is 16.4. The van der Waals surface area contributed by atoms with Gasteiger partial charge in [-0.3, -0.25) is 4.98 Å². The Labute approximate surface area is 98.0 Å². The molecule has 2 aromatic rings. The molecule has 17 heavy (non-hydrogen) atoms. The van der Waals surface area contributed by atoms with Gasteiger partial charge in [0.15, 0.2) is 0 Å². The van der Waals surface area contributed by atoms with Crippen molar-refractivity contribution < 1.29 is 9.90 Å². The van der Waals surface area contributed by atoms with Crippen molar-refractivity contribution in [3.63, 3.8) is 0 Å². The fraction of sp³-hybridized carbons (Fsp3) is 0. The summed E-state index contributed by atoms with van der Waals surface area (Å²) in [5, 5.41) is 8.68. The average molecular weight is 224 g/mol. The van der Waals surface area contributed by atoms with Gasteiger partial charge in [-0.1, -0.05) is 11.8 Å². The second-order valence-electron chi connectivity index (χ2n) is 3.23. The van der Waals surface area contributed by atoms with Gasteiger partial charge in [0.1, 0.15) is 5.69 Å². The third kappa shape index (κ3) is 2.89. The number of nitrogens with zero attached hydrogens (tertiary/aromatic N) is 2. The molecule has 4 heteroatoms. The lowest BCUT2D eigenvalue weighted by atomic mass is 10.2. The molecule has 0 bridgehead atoms. The molecule has 2 aromatic heterocycles. The lowest BCUT2D eigenvalue weighted by Gasteiger charge is -1.92. The molecule has 0 aliphatic rings. The van der Waals surface area contributed by atoms with E-state index in [2.05, 4.69) is 21.8 Å². The Hall–Kier alpha value is -2.67. The Morgan fingerprint density at radius 3 is 2.41 bits per heavy atom. The van der Waals surface area contributed by atoms with Crippen LogP contribution in [0.25, 0.3) is 0 Å². The van der Waals surface area contributed by atoms with E-state index in [1.807, 2.05) is 6.07 Å². The molecule has 1 N–H and O–H groups in total. The van der Waals surface area contributed by atoms with Gasteiger partial charge in [0, 0.05) is 29.7 Å². The molecular formula is C13H8N2O2. The first-order chi connectivity index (χ1) is 8.25. The zero-order valence-electron chi connectivity index (χ0n) is 8.79. The number of pyridine rings is 2. The Kier molecular flexibility index (Phi) is 3.13. The minimum absolute atomic E-state index is 0.0110. The number of rotatable bonds is 1. The predicted molar refractivity (Wildman–Crippen MR) is 61.4 cm³/mol. The molecule has 0 fully saturated rings. The number of carbonyl (C=O) groups is 1. The van der Waals surface area contributed by atoms with Gasteiger partial charge in [-0.25, -0.2) is 9.78 Å². The molecule has 82 valence electrons. The van der Waals surface area contributed by atoms with Crippen LogP contribution >= 0.6 is 0 Å². The largest absolute Gasteiger partial charge is 0.477 e. The third-order valence-corrected chi connectivity index (χ3v) is 2.00. The van der Waals surface area contributed by atoms with Gasteiger partial charge in [-0.05, 0) is 24.3 Å². The molecule has 2 rings (SSSR count). The number of hydrogen-bond acceptors (Lipinski definition) is 3. The molecule has 0 spiro atoms. The SMILES string of the molecule is O=C(O)c1ccc(C#Cc2cccnc2)cn1. The molecule has 4 nitrogen and oxygen atoms in total. The molecular weight excluding hydrogens is 216 g/mol. The van der Waals surface area contributed by atoms with Crippen molar-refractivity contribution >= 4 is 5.97 Å². The second-order valence-corrected chi connectivity index (χ2v) is 3.23. The fourth-order valence-corrected chi connectivity index (χ4v) is 1.18. The highest BCUT2D eigenvalue weighted by molar-refractivity contribution is 5.85. The first-order valence-electron chi connectivity index (χ1n) is 4.87. The molecule has 0 saturated carbocycles. The van der Waals surface area contributed by atoms with E-state index in [1.54, 1.807) is 24.5 Å². The van der Waals surface area contributed by atoms with E-state index in [1.165, 1.54) is 12.3 Å². The van der Waals surface area contributed by atoms with Crippen molar-refractivity contribution in [2.75, 3.05) is 0 Å². The van der Waals surface area contributed by atoms with E-state index >= 15 is 0 Å². The maximum atomic E-state index is 10.6. The monoisotopic (exact) mass is 224 g/mol. The number of carboxylic acids is 1. The fourth-order valence-electron chi connectivity index (χ4n) is 1.18. The van der Waals surface area contributed by atoms with Crippen molar-refractivity contribution in [1.82, 2.24) is 9.97 Å². The molecule has 0 aliphatic heterocycles. The van der Waals surface area contributed by atoms with Crippen LogP contribution in [0.1, 0.15) is 21.6 Å². The van der Waals surface area contributed by atoms with Gasteiger partial charge < -0.3 is 5.11 Å². The molecule has 2 heterocycles. The van der Waals surface area contributed by atoms with E-state index in [0.717, 1.165) is 5.56 Å². The summed E-state index contributed by atoms with van der Waals surface area (Å²) in [6.07, 6.45) is 4.77. The number of aromatic nitrogens is 2. The zero-order chi connectivity index (χ0) is 12.1. The van der Waals surface area contributed by atoms with Gasteiger partial charge in [0.2, 0.25) is 0 Å². The summed E-state index contributed by atoms with van der Waals surface area (Å²) in [5.41, 5.74) is 1.48. The van der Waals surface area contributed by atoms with Crippen LogP contribution in [0, 0.1) is 11.8 Å². The minimum atomic E-state index is -1.04. The smallest absolute Gasteiger partial charge is 0.354 e. The van der Waals surface area contributed by atoms with Crippen LogP contribution < -0.4 is 0 Å². The van der Waals surface area contributed by atoms with Gasteiger partial charge >= 0.3 is 5.97 Å². The van der Waals surface area contributed by atoms with E-state index in [-0.39, 0.29) is 5.69 Å². The third-order valence-electron chi connectivity index (χ3n) is 2.00. The van der Waals surface area contributed by atoms with Gasteiger partial charge in [0.25, 0.3) is 0 Å². The lowest BCUT2D eigenvalue weighted by molar-refractivity contribution is 0.0690. The maximum Gasteiger partial charge on any atom is 0.354 e. The van der Waals surface area contributed by atoms with E-state index in [4.69, 9.17) is 5.11 Å². The van der Waals surface area contributed by atoms with E-state index in [0.29, 0.717) is 5.56 Å². The van der Waals surface area contributed by atoms with Crippen LogP contribution in [0.4, 0.5) is 0 Å². The predicted octanol–water partition coefficient (Wildman–Crippen LogP) is 1.57. The summed E-state index contributed by atoms with van der Waals surface area (Å²) < 4.78 is 0. The molecule has 0 saturated heterocycles. The normalized spacial score (nSPS) is 9.18. The van der Waals surface area contributed by atoms with Gasteiger partial charge in [0.05, 0.1) is 0 Å². The van der Waals surface area contributed by atoms with Crippen LogP contribution in [0.2, 0.25) is 0 Å². The Morgan fingerprint density at radius 2 is 1.88 bits per heavy atom. The highest BCUT2D eigenvalue weighted by Gasteiger charge is 2.01. The van der Waals surface area contributed by atoms with Crippen LogP contribution in [0.3, 0.4) is 0 Å². The van der Waals surface area contributed by atoms with Crippen molar-refractivity contribution in [3.05, 3.63) is 59.7 Å². The average Bonchev–Trinajstić information content (AvgIpc) is 2.38. The number of carboxylic acid groups (broad SMARTS) is 1. The van der Waals surface area contributed by atoms with E-state index < -0.39 is 5.97 Å². The summed E-state index contributed by atoms with van der Waals surface area (Å²) in [7, 11) is 0. The summed E-state index contributed by atoms with van der Waals surface area (Å²) in [6, 6.07) is 6.70. The molecule has 0 aromatic carbocycles. The first-order valence-corrected chi connectivity index (χ1v) is 4.87. The quantitative estimate of drug-likeness (QED) is 0.747. The minimum Gasteiger partial charge on any atom is -0.477 e. The summed E-state index contributed by atoms with van der Waals surface area (Å²) >= 11 is 0. The van der Waals surface area contributed by atoms with Crippen LogP contribution in [-0.2, 0) is 0 Å². The molecule has 0 atom stereocenters. The Morgan fingerprint density at radius 1 is 1.12 bits per heavy atom. The summed E-state index contributed by atoms with van der Waals surface area (Å²) in [5.74, 6) is 4.75. The molecule has 0 unspecified atom stereocenters. The highest BCUT2D eigenvalue weighted by Crippen LogP contribution is 1.99. The zero-order valence-corrected chi connectivity index (χ0v) is 8.79. The van der Waals surface area contributed by atoms with Crippen LogP contribution in [0.5, 0.6) is 0 Å². The molecule has 0 amide bonds. The van der Waals surface area contributed by atoms with Crippen LogP contribution in [-0.4, -0.2) is 21.0 Å². The number of aromatic carboxylic acids is 1.